The highest BCUT2D eigenvalue weighted by atomic mass is 15.0. The van der Waals surface area contributed by atoms with Gasteiger partial charge in [0, 0.05) is 22.1 Å². The van der Waals surface area contributed by atoms with Crippen molar-refractivity contribution in [2.45, 2.75) is 12.3 Å². The fourth-order valence-corrected chi connectivity index (χ4v) is 8.12. The first kappa shape index (κ1) is 28.6. The van der Waals surface area contributed by atoms with Crippen LogP contribution in [-0.2, 0) is 5.41 Å². The molecule has 234 valence electrons. The minimum absolute atomic E-state index is 0.268. The topological polar surface area (TPSA) is 38.7 Å². The number of benzene rings is 8. The Labute approximate surface area is 290 Å². The first-order valence-corrected chi connectivity index (χ1v) is 17.1. The van der Waals surface area contributed by atoms with Crippen LogP contribution < -0.4 is 0 Å². The van der Waals surface area contributed by atoms with E-state index in [4.69, 9.17) is 15.0 Å². The lowest BCUT2D eigenvalue weighted by atomic mass is 9.74. The molecule has 50 heavy (non-hydrogen) atoms. The average molecular weight is 638 g/mol. The normalized spacial score (nSPS) is 15.0. The van der Waals surface area contributed by atoms with Crippen molar-refractivity contribution in [1.82, 2.24) is 15.0 Å². The van der Waals surface area contributed by atoms with Gasteiger partial charge in [-0.15, -0.1) is 0 Å². The third kappa shape index (κ3) is 4.27. The van der Waals surface area contributed by atoms with Gasteiger partial charge in [-0.25, -0.2) is 15.0 Å². The van der Waals surface area contributed by atoms with Gasteiger partial charge in [0.1, 0.15) is 0 Å². The van der Waals surface area contributed by atoms with Gasteiger partial charge < -0.3 is 0 Å². The Balaban J connectivity index is 1.24. The highest BCUT2D eigenvalue weighted by molar-refractivity contribution is 6.19. The first-order valence-electron chi connectivity index (χ1n) is 17.1. The van der Waals surface area contributed by atoms with E-state index in [9.17, 15) is 0 Å². The van der Waals surface area contributed by atoms with Crippen LogP contribution in [0.4, 0.5) is 0 Å². The smallest absolute Gasteiger partial charge is 0.165 e. The standard InChI is InChI=1S/C47H31N3/c1-47(34-18-6-3-7-19-34)41-23-13-12-22-37(41)40-29-33(25-27-42(40)47)45-48-44(31-15-4-2-5-16-31)49-46(50-45)43-36-21-11-9-17-32(36)28-39-35-20-10-8-14-30(35)24-26-38(39)43/h2-29H,1H3. The second-order valence-corrected chi connectivity index (χ2v) is 13.3. The molecule has 3 heteroatoms. The second-order valence-electron chi connectivity index (χ2n) is 13.3. The molecule has 8 aromatic carbocycles. The number of fused-ring (bicyclic) bond motifs is 7. The van der Waals surface area contributed by atoms with Crippen molar-refractivity contribution in [1.29, 1.82) is 0 Å². The molecule has 0 amide bonds. The zero-order valence-electron chi connectivity index (χ0n) is 27.5. The van der Waals surface area contributed by atoms with Crippen LogP contribution in [0.3, 0.4) is 0 Å². The van der Waals surface area contributed by atoms with Gasteiger partial charge in [0.05, 0.1) is 0 Å². The molecule has 1 unspecified atom stereocenters. The van der Waals surface area contributed by atoms with Crippen LogP contribution in [-0.4, -0.2) is 15.0 Å². The molecule has 0 bridgehead atoms. The molecule has 1 aliphatic rings. The van der Waals surface area contributed by atoms with E-state index in [1.165, 1.54) is 44.0 Å². The van der Waals surface area contributed by atoms with E-state index in [1.807, 2.05) is 18.2 Å². The highest BCUT2D eigenvalue weighted by Crippen LogP contribution is 2.53. The fraction of sp³-hybridized carbons (Fsp3) is 0.0426. The summed E-state index contributed by atoms with van der Waals surface area (Å²) < 4.78 is 0. The van der Waals surface area contributed by atoms with E-state index in [1.54, 1.807) is 0 Å². The van der Waals surface area contributed by atoms with E-state index >= 15 is 0 Å². The van der Waals surface area contributed by atoms with Gasteiger partial charge in [0.25, 0.3) is 0 Å². The quantitative estimate of drug-likeness (QED) is 0.142. The molecule has 0 N–H and O–H groups in total. The zero-order valence-corrected chi connectivity index (χ0v) is 27.5. The van der Waals surface area contributed by atoms with Gasteiger partial charge in [0.2, 0.25) is 0 Å². The van der Waals surface area contributed by atoms with Crippen molar-refractivity contribution < 1.29 is 0 Å². The Morgan fingerprint density at radius 1 is 0.380 bits per heavy atom. The Morgan fingerprint density at radius 3 is 1.82 bits per heavy atom. The Morgan fingerprint density at radius 2 is 1.00 bits per heavy atom. The molecular weight excluding hydrogens is 607 g/mol. The average Bonchev–Trinajstić information content (AvgIpc) is 3.45. The molecule has 1 heterocycles. The summed E-state index contributed by atoms with van der Waals surface area (Å²) in [6.07, 6.45) is 0. The highest BCUT2D eigenvalue weighted by Gasteiger charge is 2.40. The second kappa shape index (κ2) is 11.0. The van der Waals surface area contributed by atoms with Gasteiger partial charge in [0.15, 0.2) is 17.5 Å². The summed E-state index contributed by atoms with van der Waals surface area (Å²) in [4.78, 5) is 15.7. The molecule has 0 saturated heterocycles. The number of hydrogen-bond donors (Lipinski definition) is 0. The van der Waals surface area contributed by atoms with Crippen molar-refractivity contribution in [3.05, 3.63) is 187 Å². The monoisotopic (exact) mass is 637 g/mol. The summed E-state index contributed by atoms with van der Waals surface area (Å²) in [6, 6.07) is 60.5. The first-order chi connectivity index (χ1) is 24.7. The molecule has 0 aliphatic heterocycles. The molecule has 0 fully saturated rings. The Hall–Kier alpha value is -6.45. The van der Waals surface area contributed by atoms with Gasteiger partial charge in [-0.05, 0) is 79.2 Å². The summed E-state index contributed by atoms with van der Waals surface area (Å²) in [5, 5.41) is 7.02. The molecular formula is C47H31N3. The Bertz CT molecular complexity index is 2770. The van der Waals surface area contributed by atoms with Gasteiger partial charge >= 0.3 is 0 Å². The maximum Gasteiger partial charge on any atom is 0.165 e. The van der Waals surface area contributed by atoms with Gasteiger partial charge in [-0.2, -0.15) is 0 Å². The lowest BCUT2D eigenvalue weighted by Crippen LogP contribution is -2.22. The Kier molecular flexibility index (Phi) is 6.31. The third-order valence-corrected chi connectivity index (χ3v) is 10.6. The summed E-state index contributed by atoms with van der Waals surface area (Å²) >= 11 is 0. The summed E-state index contributed by atoms with van der Waals surface area (Å²) in [5.41, 5.74) is 9.02. The van der Waals surface area contributed by atoms with Crippen LogP contribution in [0.2, 0.25) is 0 Å². The number of aromatic nitrogens is 3. The number of nitrogens with zero attached hydrogens (tertiary/aromatic N) is 3. The van der Waals surface area contributed by atoms with Crippen molar-refractivity contribution in [3.63, 3.8) is 0 Å². The summed E-state index contributed by atoms with van der Waals surface area (Å²) in [7, 11) is 0. The van der Waals surface area contributed by atoms with Crippen molar-refractivity contribution in [2.24, 2.45) is 0 Å². The molecule has 0 saturated carbocycles. The largest absolute Gasteiger partial charge is 0.208 e. The predicted octanol–water partition coefficient (Wildman–Crippen LogP) is 11.7. The molecule has 9 aromatic rings. The molecule has 0 spiro atoms. The lowest BCUT2D eigenvalue weighted by molar-refractivity contribution is 0.714. The zero-order chi connectivity index (χ0) is 33.2. The molecule has 0 radical (unpaired) electrons. The third-order valence-electron chi connectivity index (χ3n) is 10.6. The van der Waals surface area contributed by atoms with E-state index in [2.05, 4.69) is 159 Å². The van der Waals surface area contributed by atoms with Crippen LogP contribution in [0.1, 0.15) is 23.6 Å². The van der Waals surface area contributed by atoms with E-state index in [0.717, 1.165) is 32.8 Å². The van der Waals surface area contributed by atoms with E-state index < -0.39 is 0 Å². The van der Waals surface area contributed by atoms with Gasteiger partial charge in [-0.1, -0.05) is 158 Å². The van der Waals surface area contributed by atoms with Crippen molar-refractivity contribution in [3.8, 4) is 45.3 Å². The summed E-state index contributed by atoms with van der Waals surface area (Å²) in [5.74, 6) is 1.98. The SMILES string of the molecule is CC1(c2ccccc2)c2ccccc2-c2cc(-c3nc(-c4ccccc4)nc(-c4c5ccccc5cc5c4ccc4ccccc45)n3)ccc21. The predicted molar refractivity (Wildman–Crippen MR) is 206 cm³/mol. The van der Waals surface area contributed by atoms with Crippen molar-refractivity contribution >= 4 is 32.3 Å². The minimum Gasteiger partial charge on any atom is -0.208 e. The van der Waals surface area contributed by atoms with Crippen LogP contribution in [0.15, 0.2) is 170 Å². The molecule has 10 rings (SSSR count). The molecule has 1 aliphatic carbocycles. The van der Waals surface area contributed by atoms with E-state index in [0.29, 0.717) is 17.5 Å². The van der Waals surface area contributed by atoms with Crippen LogP contribution in [0.25, 0.3) is 77.6 Å². The molecule has 1 aromatic heterocycles. The minimum atomic E-state index is -0.268. The summed E-state index contributed by atoms with van der Waals surface area (Å²) in [6.45, 7) is 2.34. The fourth-order valence-electron chi connectivity index (χ4n) is 8.12. The maximum atomic E-state index is 5.33. The lowest BCUT2D eigenvalue weighted by Gasteiger charge is -2.28. The molecule has 3 nitrogen and oxygen atoms in total. The number of hydrogen-bond acceptors (Lipinski definition) is 3. The van der Waals surface area contributed by atoms with Crippen LogP contribution in [0, 0.1) is 0 Å². The van der Waals surface area contributed by atoms with Gasteiger partial charge in [-0.3, -0.25) is 0 Å². The number of rotatable bonds is 4. The van der Waals surface area contributed by atoms with Crippen molar-refractivity contribution in [2.75, 3.05) is 0 Å². The maximum absolute atomic E-state index is 5.33. The molecule has 1 atom stereocenters. The van der Waals surface area contributed by atoms with Crippen LogP contribution in [0.5, 0.6) is 0 Å². The van der Waals surface area contributed by atoms with Crippen LogP contribution >= 0.6 is 0 Å². The van der Waals surface area contributed by atoms with E-state index in [-0.39, 0.29) is 5.41 Å².